The number of hydrogen-bond acceptors (Lipinski definition) is 6. The number of fused-ring (bicyclic) bond motifs is 1. The number of Topliss-reactive ketones (excluding diaryl/α,β-unsaturated/α-hetero) is 1. The Morgan fingerprint density at radius 2 is 1.94 bits per heavy atom. The molecule has 0 atom stereocenters. The molecule has 0 saturated heterocycles. The molecule has 0 radical (unpaired) electrons. The molecule has 1 heterocycles. The second-order valence-electron chi connectivity index (χ2n) is 6.71. The molecule has 1 aliphatic heterocycles. The van der Waals surface area contributed by atoms with E-state index in [0.717, 1.165) is 0 Å². The summed E-state index contributed by atoms with van der Waals surface area (Å²) in [5.74, 6) is -1.22. The highest BCUT2D eigenvalue weighted by Crippen LogP contribution is 2.33. The molecule has 0 fully saturated rings. The summed E-state index contributed by atoms with van der Waals surface area (Å²) in [7, 11) is 0. The number of nitrogens with zero attached hydrogens (tertiary/aromatic N) is 1. The van der Waals surface area contributed by atoms with Crippen LogP contribution >= 0.6 is 11.6 Å². The zero-order chi connectivity index (χ0) is 22.4. The quantitative estimate of drug-likeness (QED) is 0.495. The molecule has 162 valence electrons. The molecule has 9 heteroatoms. The number of amides is 2. The molecule has 2 amide bonds. The van der Waals surface area contributed by atoms with Gasteiger partial charge in [-0.15, -0.1) is 0 Å². The Morgan fingerprint density at radius 3 is 2.68 bits per heavy atom. The number of carbonyl (C=O) groups excluding carboxylic acids is 4. The van der Waals surface area contributed by atoms with Crippen LogP contribution in [-0.2, 0) is 19.1 Å². The number of halogens is 1. The van der Waals surface area contributed by atoms with E-state index < -0.39 is 17.8 Å². The molecule has 3 rings (SSSR count). The molecule has 0 aromatic heterocycles. The fraction of sp³-hybridized carbons (Fsp3) is 0.273. The fourth-order valence-electron chi connectivity index (χ4n) is 3.04. The van der Waals surface area contributed by atoms with E-state index in [0.29, 0.717) is 27.7 Å². The highest BCUT2D eigenvalue weighted by Gasteiger charge is 2.28. The Kier molecular flexibility index (Phi) is 7.25. The maximum Gasteiger partial charge on any atom is 0.306 e. The number of benzene rings is 2. The third kappa shape index (κ3) is 5.61. The third-order valence-electron chi connectivity index (χ3n) is 4.54. The van der Waals surface area contributed by atoms with Crippen LogP contribution in [0.1, 0.15) is 30.1 Å². The Balaban J connectivity index is 1.75. The Labute approximate surface area is 184 Å². The van der Waals surface area contributed by atoms with Crippen LogP contribution in [0.25, 0.3) is 0 Å². The zero-order valence-electron chi connectivity index (χ0n) is 16.9. The minimum atomic E-state index is -0.454. The summed E-state index contributed by atoms with van der Waals surface area (Å²) in [5, 5.41) is 3.04. The van der Waals surface area contributed by atoms with Crippen molar-refractivity contribution < 1.29 is 28.7 Å². The zero-order valence-corrected chi connectivity index (χ0v) is 17.6. The van der Waals surface area contributed by atoms with Gasteiger partial charge in [0, 0.05) is 12.0 Å². The number of carbonyl (C=O) groups is 4. The van der Waals surface area contributed by atoms with Crippen molar-refractivity contribution in [3.8, 4) is 5.75 Å². The minimum absolute atomic E-state index is 0.0284. The van der Waals surface area contributed by atoms with Gasteiger partial charge in [0.1, 0.15) is 12.3 Å². The van der Waals surface area contributed by atoms with Gasteiger partial charge < -0.3 is 14.8 Å². The smallest absolute Gasteiger partial charge is 0.306 e. The second kappa shape index (κ2) is 10.1. The van der Waals surface area contributed by atoms with Crippen molar-refractivity contribution in [1.29, 1.82) is 0 Å². The van der Waals surface area contributed by atoms with Crippen LogP contribution in [0.5, 0.6) is 5.75 Å². The molecule has 8 nitrogen and oxygen atoms in total. The van der Waals surface area contributed by atoms with Crippen molar-refractivity contribution in [3.63, 3.8) is 0 Å². The summed E-state index contributed by atoms with van der Waals surface area (Å²) < 4.78 is 10.3. The van der Waals surface area contributed by atoms with E-state index >= 15 is 0 Å². The van der Waals surface area contributed by atoms with Gasteiger partial charge in [0.05, 0.1) is 29.4 Å². The molecule has 0 bridgehead atoms. The number of hydrogen-bond donors (Lipinski definition) is 1. The summed E-state index contributed by atoms with van der Waals surface area (Å²) in [5.41, 5.74) is 1.04. The lowest BCUT2D eigenvalue weighted by molar-refractivity contribution is -0.143. The maximum atomic E-state index is 12.5. The topological polar surface area (TPSA) is 102 Å². The number of ketones is 1. The van der Waals surface area contributed by atoms with Crippen molar-refractivity contribution in [2.45, 2.75) is 19.8 Å². The van der Waals surface area contributed by atoms with Gasteiger partial charge in [-0.3, -0.25) is 24.1 Å². The average Bonchev–Trinajstić information content (AvgIpc) is 2.75. The van der Waals surface area contributed by atoms with Crippen LogP contribution in [0.15, 0.2) is 42.5 Å². The van der Waals surface area contributed by atoms with E-state index in [4.69, 9.17) is 21.1 Å². The van der Waals surface area contributed by atoms with E-state index in [-0.39, 0.29) is 38.4 Å². The number of nitrogens with one attached hydrogen (secondary N) is 1. The first-order chi connectivity index (χ1) is 14.9. The Hall–Kier alpha value is -3.39. The number of ether oxygens (including phenoxy) is 2. The monoisotopic (exact) mass is 444 g/mol. The number of para-hydroxylation sites is 1. The summed E-state index contributed by atoms with van der Waals surface area (Å²) in [6.45, 7) is 1.44. The average molecular weight is 445 g/mol. The molecule has 2 aromatic rings. The van der Waals surface area contributed by atoms with E-state index in [1.807, 2.05) is 0 Å². The first-order valence-corrected chi connectivity index (χ1v) is 10.1. The van der Waals surface area contributed by atoms with Crippen molar-refractivity contribution in [1.82, 2.24) is 0 Å². The Bertz CT molecular complexity index is 1020. The molecular weight excluding hydrogens is 424 g/mol. The van der Waals surface area contributed by atoms with Gasteiger partial charge in [-0.2, -0.15) is 0 Å². The van der Waals surface area contributed by atoms with Crippen LogP contribution in [0.4, 0.5) is 11.4 Å². The van der Waals surface area contributed by atoms with Crippen molar-refractivity contribution in [2.75, 3.05) is 30.0 Å². The van der Waals surface area contributed by atoms with Crippen LogP contribution in [0, 0.1) is 0 Å². The maximum absolute atomic E-state index is 12.5. The summed E-state index contributed by atoms with van der Waals surface area (Å²) >= 11 is 6.06. The van der Waals surface area contributed by atoms with E-state index in [1.54, 1.807) is 43.3 Å². The third-order valence-corrected chi connectivity index (χ3v) is 4.86. The van der Waals surface area contributed by atoms with E-state index in [1.165, 1.54) is 11.0 Å². The second-order valence-corrected chi connectivity index (χ2v) is 7.11. The lowest BCUT2D eigenvalue weighted by Gasteiger charge is -2.29. The van der Waals surface area contributed by atoms with Gasteiger partial charge in [-0.05, 0) is 37.3 Å². The molecule has 0 saturated carbocycles. The SMILES string of the molecule is CCOC(=O)CCC(=O)c1ccc2c(c1)N(CC(=O)Nc1ccccc1Cl)C(=O)CO2. The fourth-order valence-corrected chi connectivity index (χ4v) is 3.22. The van der Waals surface area contributed by atoms with Crippen molar-refractivity contribution in [3.05, 3.63) is 53.1 Å². The van der Waals surface area contributed by atoms with Crippen LogP contribution in [0.3, 0.4) is 0 Å². The van der Waals surface area contributed by atoms with Gasteiger partial charge in [0.25, 0.3) is 5.91 Å². The molecule has 1 N–H and O–H groups in total. The van der Waals surface area contributed by atoms with Gasteiger partial charge in [-0.1, -0.05) is 23.7 Å². The minimum Gasteiger partial charge on any atom is -0.482 e. The van der Waals surface area contributed by atoms with Gasteiger partial charge >= 0.3 is 5.97 Å². The lowest BCUT2D eigenvalue weighted by Crippen LogP contribution is -2.43. The van der Waals surface area contributed by atoms with Gasteiger partial charge in [-0.25, -0.2) is 0 Å². The van der Waals surface area contributed by atoms with E-state index in [9.17, 15) is 19.2 Å². The van der Waals surface area contributed by atoms with Crippen molar-refractivity contribution in [2.24, 2.45) is 0 Å². The highest BCUT2D eigenvalue weighted by molar-refractivity contribution is 6.33. The molecule has 2 aromatic carbocycles. The van der Waals surface area contributed by atoms with E-state index in [2.05, 4.69) is 5.32 Å². The standard InChI is InChI=1S/C22H21ClN2O6/c1-2-30-22(29)10-8-18(26)14-7-9-19-17(11-14)25(21(28)13-31-19)12-20(27)24-16-6-4-3-5-15(16)23/h3-7,9,11H,2,8,10,12-13H2,1H3,(H,24,27). The Morgan fingerprint density at radius 1 is 1.16 bits per heavy atom. The highest BCUT2D eigenvalue weighted by atomic mass is 35.5. The predicted molar refractivity (Wildman–Crippen MR) is 115 cm³/mol. The van der Waals surface area contributed by atoms with Gasteiger partial charge in [0.2, 0.25) is 5.91 Å². The lowest BCUT2D eigenvalue weighted by atomic mass is 10.0. The molecule has 0 unspecified atom stereocenters. The largest absolute Gasteiger partial charge is 0.482 e. The van der Waals surface area contributed by atoms with Crippen LogP contribution in [-0.4, -0.2) is 43.3 Å². The summed E-state index contributed by atoms with van der Waals surface area (Å²) in [4.78, 5) is 50.2. The van der Waals surface area contributed by atoms with Crippen LogP contribution in [0.2, 0.25) is 5.02 Å². The van der Waals surface area contributed by atoms with Crippen LogP contribution < -0.4 is 15.0 Å². The first-order valence-electron chi connectivity index (χ1n) is 9.69. The molecule has 31 heavy (non-hydrogen) atoms. The summed E-state index contributed by atoms with van der Waals surface area (Å²) in [6, 6.07) is 11.4. The van der Waals surface area contributed by atoms with Gasteiger partial charge in [0.15, 0.2) is 12.4 Å². The normalized spacial score (nSPS) is 12.6. The molecular formula is C22H21ClN2O6. The summed E-state index contributed by atoms with van der Waals surface area (Å²) in [6.07, 6.45) is -0.0669. The first kappa shape index (κ1) is 22.3. The van der Waals surface area contributed by atoms with Crippen molar-refractivity contribution >= 4 is 46.5 Å². The predicted octanol–water partition coefficient (Wildman–Crippen LogP) is 3.23. The molecule has 1 aliphatic rings. The number of anilines is 2. The number of esters is 1. The molecule has 0 spiro atoms. The molecule has 0 aliphatic carbocycles. The number of rotatable bonds is 8.